The minimum Gasteiger partial charge on any atom is -0.344 e. The Morgan fingerprint density at radius 3 is 2.43 bits per heavy atom. The van der Waals surface area contributed by atoms with E-state index < -0.39 is 23.7 Å². The second kappa shape index (κ2) is 11.6. The van der Waals surface area contributed by atoms with Crippen molar-refractivity contribution in [2.75, 3.05) is 6.54 Å². The molecule has 1 aliphatic heterocycles. The minimum atomic E-state index is -0.841. The molecule has 2 amide bonds. The van der Waals surface area contributed by atoms with Crippen molar-refractivity contribution in [3.05, 3.63) is 35.9 Å². The van der Waals surface area contributed by atoms with Gasteiger partial charge in [-0.3, -0.25) is 19.2 Å². The summed E-state index contributed by atoms with van der Waals surface area (Å²) in [5.74, 6) is -0.989. The molecule has 6 heteroatoms. The summed E-state index contributed by atoms with van der Waals surface area (Å²) in [6, 6.07) is 7.71. The fourth-order valence-electron chi connectivity index (χ4n) is 3.78. The van der Waals surface area contributed by atoms with Crippen LogP contribution in [-0.2, 0) is 25.6 Å². The van der Waals surface area contributed by atoms with Crippen LogP contribution in [0.3, 0.4) is 0 Å². The van der Waals surface area contributed by atoms with Crippen LogP contribution in [0.25, 0.3) is 0 Å². The van der Waals surface area contributed by atoms with Crippen molar-refractivity contribution in [1.82, 2.24) is 10.2 Å². The Hall–Kier alpha value is -2.50. The van der Waals surface area contributed by atoms with Crippen LogP contribution in [0.4, 0.5) is 0 Å². The quantitative estimate of drug-likeness (QED) is 0.564. The van der Waals surface area contributed by atoms with Gasteiger partial charge in [-0.1, -0.05) is 57.5 Å². The number of hydrogen-bond donors (Lipinski definition) is 1. The molecule has 1 aliphatic rings. The molecule has 1 fully saturated rings. The summed E-state index contributed by atoms with van der Waals surface area (Å²) in [4.78, 5) is 52.3. The van der Waals surface area contributed by atoms with Crippen LogP contribution in [0.15, 0.2) is 30.3 Å². The maximum absolute atomic E-state index is 12.9. The fraction of sp³-hybridized carbons (Fsp3) is 0.583. The molecule has 2 rings (SSSR count). The van der Waals surface area contributed by atoms with Gasteiger partial charge in [0, 0.05) is 19.4 Å². The van der Waals surface area contributed by atoms with E-state index in [4.69, 9.17) is 0 Å². The van der Waals surface area contributed by atoms with Crippen molar-refractivity contribution in [2.24, 2.45) is 5.92 Å². The molecule has 1 N–H and O–H groups in total. The number of hydrogen-bond acceptors (Lipinski definition) is 4. The van der Waals surface area contributed by atoms with E-state index in [9.17, 15) is 19.2 Å². The molecule has 1 heterocycles. The van der Waals surface area contributed by atoms with Crippen LogP contribution < -0.4 is 5.32 Å². The lowest BCUT2D eigenvalue weighted by atomic mass is 9.98. The maximum atomic E-state index is 12.9. The van der Waals surface area contributed by atoms with Crippen LogP contribution in [0.2, 0.25) is 0 Å². The summed E-state index contributed by atoms with van der Waals surface area (Å²) in [5.41, 5.74) is 0.773. The van der Waals surface area contributed by atoms with Crippen LogP contribution in [0.1, 0.15) is 64.9 Å². The molecule has 1 saturated heterocycles. The number of carbonyl (C=O) groups excluding carboxylic acids is 4. The lowest BCUT2D eigenvalue weighted by Crippen LogP contribution is -2.52. The van der Waals surface area contributed by atoms with E-state index in [1.54, 1.807) is 17.0 Å². The van der Waals surface area contributed by atoms with Crippen LogP contribution in [0.5, 0.6) is 0 Å². The van der Waals surface area contributed by atoms with E-state index in [1.165, 1.54) is 0 Å². The second-order valence-corrected chi connectivity index (χ2v) is 8.48. The zero-order chi connectivity index (χ0) is 22.1. The first-order valence-corrected chi connectivity index (χ1v) is 11.0. The first-order valence-electron chi connectivity index (χ1n) is 11.0. The Kier molecular flexibility index (Phi) is 9.21. The predicted molar refractivity (Wildman–Crippen MR) is 116 cm³/mol. The van der Waals surface area contributed by atoms with Crippen LogP contribution >= 0.6 is 0 Å². The van der Waals surface area contributed by atoms with E-state index in [0.717, 1.165) is 18.4 Å². The third-order valence-electron chi connectivity index (χ3n) is 5.50. The lowest BCUT2D eigenvalue weighted by molar-refractivity contribution is -0.141. The molecule has 0 spiro atoms. The molecule has 164 valence electrons. The Bertz CT molecular complexity index is 745. The van der Waals surface area contributed by atoms with E-state index in [0.29, 0.717) is 38.1 Å². The van der Waals surface area contributed by atoms with Gasteiger partial charge in [-0.15, -0.1) is 0 Å². The number of rotatable bonds is 11. The predicted octanol–water partition coefficient (Wildman–Crippen LogP) is 3.08. The highest BCUT2D eigenvalue weighted by Crippen LogP contribution is 2.20. The molecular formula is C24H34N2O4. The van der Waals surface area contributed by atoms with Crippen LogP contribution in [0, 0.1) is 5.92 Å². The Morgan fingerprint density at radius 1 is 1.10 bits per heavy atom. The average molecular weight is 415 g/mol. The number of nitrogens with zero attached hydrogens (tertiary/aromatic N) is 1. The van der Waals surface area contributed by atoms with Gasteiger partial charge in [0.1, 0.15) is 6.04 Å². The summed E-state index contributed by atoms with van der Waals surface area (Å²) < 4.78 is 0. The zero-order valence-electron chi connectivity index (χ0n) is 18.4. The first-order chi connectivity index (χ1) is 14.3. The van der Waals surface area contributed by atoms with Gasteiger partial charge in [0.15, 0.2) is 0 Å². The van der Waals surface area contributed by atoms with Gasteiger partial charge in [0.2, 0.25) is 23.4 Å². The molecule has 0 bridgehead atoms. The van der Waals surface area contributed by atoms with Gasteiger partial charge >= 0.3 is 0 Å². The monoisotopic (exact) mass is 414 g/mol. The molecule has 1 aromatic rings. The molecule has 0 aromatic heterocycles. The van der Waals surface area contributed by atoms with Crippen molar-refractivity contribution in [2.45, 2.75) is 77.8 Å². The average Bonchev–Trinajstić information content (AvgIpc) is 3.22. The Labute approximate surface area is 179 Å². The number of carbonyl (C=O) groups is 4. The lowest BCUT2D eigenvalue weighted by Gasteiger charge is -2.26. The Balaban J connectivity index is 2.00. The van der Waals surface area contributed by atoms with E-state index in [1.807, 2.05) is 25.1 Å². The highest BCUT2D eigenvalue weighted by molar-refractivity contribution is 6.39. The summed E-state index contributed by atoms with van der Waals surface area (Å²) >= 11 is 0. The van der Waals surface area contributed by atoms with E-state index in [-0.39, 0.29) is 18.2 Å². The molecule has 0 radical (unpaired) electrons. The van der Waals surface area contributed by atoms with Gasteiger partial charge in [-0.2, -0.15) is 0 Å². The normalized spacial score (nSPS) is 17.1. The molecule has 0 unspecified atom stereocenters. The standard InChI is InChI=1S/C24H34N2O4/c1-4-9-19(23(29)21(27)16-18-10-6-5-7-11-18)25-24(30)20-12-8-15-26(20)22(28)14-13-17(2)3/h5-7,10-11,17,19-20H,4,8-9,12-16H2,1-3H3,(H,25,30)/t19-,20-/m0/s1. The highest BCUT2D eigenvalue weighted by Gasteiger charge is 2.36. The van der Waals surface area contributed by atoms with Crippen LogP contribution in [-0.4, -0.2) is 46.9 Å². The molecule has 6 nitrogen and oxygen atoms in total. The van der Waals surface area contributed by atoms with Gasteiger partial charge in [-0.05, 0) is 37.2 Å². The largest absolute Gasteiger partial charge is 0.344 e. The van der Waals surface area contributed by atoms with Gasteiger partial charge in [0.25, 0.3) is 0 Å². The zero-order valence-corrected chi connectivity index (χ0v) is 18.4. The second-order valence-electron chi connectivity index (χ2n) is 8.48. The topological polar surface area (TPSA) is 83.6 Å². The minimum absolute atomic E-state index is 0.0140. The van der Waals surface area contributed by atoms with Crippen molar-refractivity contribution in [1.29, 1.82) is 0 Å². The maximum Gasteiger partial charge on any atom is 0.243 e. The summed E-state index contributed by atoms with van der Waals surface area (Å²) in [7, 11) is 0. The Morgan fingerprint density at radius 2 is 1.80 bits per heavy atom. The smallest absolute Gasteiger partial charge is 0.243 e. The van der Waals surface area contributed by atoms with Gasteiger partial charge < -0.3 is 10.2 Å². The van der Waals surface area contributed by atoms with E-state index in [2.05, 4.69) is 19.2 Å². The number of Topliss-reactive ketones (excluding diaryl/α,β-unsaturated/α-hetero) is 2. The highest BCUT2D eigenvalue weighted by atomic mass is 16.2. The van der Waals surface area contributed by atoms with Crippen molar-refractivity contribution in [3.63, 3.8) is 0 Å². The number of nitrogens with one attached hydrogen (secondary N) is 1. The van der Waals surface area contributed by atoms with Crippen molar-refractivity contribution < 1.29 is 19.2 Å². The van der Waals surface area contributed by atoms with Crippen molar-refractivity contribution in [3.8, 4) is 0 Å². The van der Waals surface area contributed by atoms with Gasteiger partial charge in [0.05, 0.1) is 6.04 Å². The summed E-state index contributed by atoms with van der Waals surface area (Å²) in [5, 5.41) is 2.77. The number of likely N-dealkylation sites (tertiary alicyclic amines) is 1. The molecule has 2 atom stereocenters. The van der Waals surface area contributed by atoms with E-state index >= 15 is 0 Å². The summed E-state index contributed by atoms with van der Waals surface area (Å²) in [6.07, 6.45) is 3.66. The van der Waals surface area contributed by atoms with Crippen molar-refractivity contribution >= 4 is 23.4 Å². The molecule has 0 saturated carbocycles. The molecular weight excluding hydrogens is 380 g/mol. The molecule has 30 heavy (non-hydrogen) atoms. The summed E-state index contributed by atoms with van der Waals surface area (Å²) in [6.45, 7) is 6.60. The molecule has 1 aromatic carbocycles. The molecule has 0 aliphatic carbocycles. The van der Waals surface area contributed by atoms with Gasteiger partial charge in [-0.25, -0.2) is 0 Å². The third-order valence-corrected chi connectivity index (χ3v) is 5.50. The number of ketones is 2. The number of benzene rings is 1. The number of amides is 2. The fourth-order valence-corrected chi connectivity index (χ4v) is 3.78. The first kappa shape index (κ1) is 23.8. The SMILES string of the molecule is CCC[C@H](NC(=O)[C@@H]1CCCN1C(=O)CCC(C)C)C(=O)C(=O)Cc1ccccc1. The third kappa shape index (κ3) is 6.78.